The van der Waals surface area contributed by atoms with E-state index in [9.17, 15) is 4.79 Å². The first-order valence-electron chi connectivity index (χ1n) is 7.85. The lowest BCUT2D eigenvalue weighted by molar-refractivity contribution is -0.122. The molecule has 1 aromatic heterocycles. The number of rotatable bonds is 7. The number of imidazole rings is 1. The maximum atomic E-state index is 12.1. The maximum Gasteiger partial charge on any atom is 0.220 e. The molecule has 0 saturated heterocycles. The van der Waals surface area contributed by atoms with E-state index in [1.165, 1.54) is 0 Å². The van der Waals surface area contributed by atoms with Gasteiger partial charge in [-0.1, -0.05) is 45.7 Å². The van der Waals surface area contributed by atoms with Crippen LogP contribution in [-0.4, -0.2) is 15.9 Å². The van der Waals surface area contributed by atoms with Crippen molar-refractivity contribution >= 4 is 16.9 Å². The number of H-pyrrole nitrogens is 1. The lowest BCUT2D eigenvalue weighted by Crippen LogP contribution is -2.32. The lowest BCUT2D eigenvalue weighted by Gasteiger charge is -2.20. The molecular formula is C17H25N3O. The molecular weight excluding hydrogens is 262 g/mol. The molecule has 2 N–H and O–H groups in total. The second-order valence-corrected chi connectivity index (χ2v) is 5.89. The number of carbonyl (C=O) groups excluding carboxylic acids is 1. The minimum atomic E-state index is -0.0634. The number of benzene rings is 1. The van der Waals surface area contributed by atoms with Crippen molar-refractivity contribution in [3.05, 3.63) is 30.1 Å². The molecule has 4 nitrogen and oxygen atoms in total. The summed E-state index contributed by atoms with van der Waals surface area (Å²) in [5.74, 6) is 1.25. The summed E-state index contributed by atoms with van der Waals surface area (Å²) >= 11 is 0. The van der Waals surface area contributed by atoms with E-state index in [-0.39, 0.29) is 11.9 Å². The summed E-state index contributed by atoms with van der Waals surface area (Å²) in [6.45, 7) is 6.34. The average molecular weight is 287 g/mol. The quantitative estimate of drug-likeness (QED) is 0.757. The van der Waals surface area contributed by atoms with E-state index in [0.717, 1.165) is 36.1 Å². The molecule has 0 aliphatic carbocycles. The Kier molecular flexibility index (Phi) is 5.37. The number of nitrogens with zero attached hydrogens (tertiary/aromatic N) is 1. The zero-order valence-corrected chi connectivity index (χ0v) is 13.1. The second kappa shape index (κ2) is 7.25. The molecule has 0 saturated carbocycles. The Morgan fingerprint density at radius 3 is 2.71 bits per heavy atom. The maximum absolute atomic E-state index is 12.1. The van der Waals surface area contributed by atoms with Crippen molar-refractivity contribution in [1.29, 1.82) is 0 Å². The molecule has 0 aliphatic rings. The van der Waals surface area contributed by atoms with E-state index in [1.54, 1.807) is 0 Å². The summed E-state index contributed by atoms with van der Waals surface area (Å²) in [6, 6.07) is 7.88. The summed E-state index contributed by atoms with van der Waals surface area (Å²) in [6.07, 6.45) is 3.78. The van der Waals surface area contributed by atoms with Gasteiger partial charge in [0.05, 0.1) is 17.1 Å². The molecule has 21 heavy (non-hydrogen) atoms. The van der Waals surface area contributed by atoms with Gasteiger partial charge in [0.1, 0.15) is 5.82 Å². The third-order valence-corrected chi connectivity index (χ3v) is 3.69. The highest BCUT2D eigenvalue weighted by atomic mass is 16.1. The SMILES string of the molecule is CCCCCC(=O)NC(c1nc2ccccc2[nH]1)C(C)C. The molecule has 0 radical (unpaired) electrons. The Morgan fingerprint density at radius 2 is 2.05 bits per heavy atom. The predicted molar refractivity (Wildman–Crippen MR) is 86.0 cm³/mol. The Balaban J connectivity index is 2.09. The minimum Gasteiger partial charge on any atom is -0.346 e. The molecule has 0 fully saturated rings. The van der Waals surface area contributed by atoms with Gasteiger partial charge in [-0.15, -0.1) is 0 Å². The van der Waals surface area contributed by atoms with Crippen molar-refractivity contribution in [1.82, 2.24) is 15.3 Å². The van der Waals surface area contributed by atoms with Crippen LogP contribution in [0.25, 0.3) is 11.0 Å². The largest absolute Gasteiger partial charge is 0.346 e. The van der Waals surface area contributed by atoms with Gasteiger partial charge in [0.15, 0.2) is 0 Å². The van der Waals surface area contributed by atoms with Gasteiger partial charge in [-0.25, -0.2) is 4.98 Å². The first-order chi connectivity index (χ1) is 10.1. The summed E-state index contributed by atoms with van der Waals surface area (Å²) in [4.78, 5) is 20.0. The van der Waals surface area contributed by atoms with Crippen LogP contribution in [0.15, 0.2) is 24.3 Å². The highest BCUT2D eigenvalue weighted by Gasteiger charge is 2.21. The summed E-state index contributed by atoms with van der Waals surface area (Å²) < 4.78 is 0. The topological polar surface area (TPSA) is 57.8 Å². The molecule has 1 heterocycles. The van der Waals surface area contributed by atoms with Crippen molar-refractivity contribution in [3.8, 4) is 0 Å². The van der Waals surface area contributed by atoms with Crippen LogP contribution in [0.2, 0.25) is 0 Å². The number of nitrogens with one attached hydrogen (secondary N) is 2. The fourth-order valence-electron chi connectivity index (χ4n) is 2.45. The number of carbonyl (C=O) groups is 1. The number of amides is 1. The fourth-order valence-corrected chi connectivity index (χ4v) is 2.45. The van der Waals surface area contributed by atoms with Gasteiger partial charge in [0.25, 0.3) is 0 Å². The molecule has 2 aromatic rings. The van der Waals surface area contributed by atoms with Crippen LogP contribution in [0.3, 0.4) is 0 Å². The van der Waals surface area contributed by atoms with E-state index in [1.807, 2.05) is 24.3 Å². The number of para-hydroxylation sites is 2. The smallest absolute Gasteiger partial charge is 0.220 e. The van der Waals surface area contributed by atoms with Gasteiger partial charge in [0, 0.05) is 6.42 Å². The zero-order chi connectivity index (χ0) is 15.2. The van der Waals surface area contributed by atoms with Gasteiger partial charge in [-0.2, -0.15) is 0 Å². The lowest BCUT2D eigenvalue weighted by atomic mass is 10.0. The van der Waals surface area contributed by atoms with Gasteiger partial charge >= 0.3 is 0 Å². The average Bonchev–Trinajstić information content (AvgIpc) is 2.88. The van der Waals surface area contributed by atoms with E-state index in [2.05, 4.69) is 36.1 Å². The number of aromatic nitrogens is 2. The van der Waals surface area contributed by atoms with Crippen LogP contribution in [0.4, 0.5) is 0 Å². The Labute approximate surface area is 126 Å². The molecule has 1 amide bonds. The Morgan fingerprint density at radius 1 is 1.29 bits per heavy atom. The third-order valence-electron chi connectivity index (χ3n) is 3.69. The van der Waals surface area contributed by atoms with E-state index < -0.39 is 0 Å². The second-order valence-electron chi connectivity index (χ2n) is 5.89. The highest BCUT2D eigenvalue weighted by Crippen LogP contribution is 2.22. The normalized spacial score (nSPS) is 12.8. The number of unbranched alkanes of at least 4 members (excludes halogenated alkanes) is 2. The van der Waals surface area contributed by atoms with Crippen molar-refractivity contribution in [3.63, 3.8) is 0 Å². The van der Waals surface area contributed by atoms with Gasteiger partial charge < -0.3 is 10.3 Å². The minimum absolute atomic E-state index is 0.0634. The third kappa shape index (κ3) is 4.06. The van der Waals surface area contributed by atoms with Crippen LogP contribution >= 0.6 is 0 Å². The number of aromatic amines is 1. The Hall–Kier alpha value is -1.84. The highest BCUT2D eigenvalue weighted by molar-refractivity contribution is 5.77. The van der Waals surface area contributed by atoms with Crippen molar-refractivity contribution in [2.75, 3.05) is 0 Å². The summed E-state index contributed by atoms with van der Waals surface area (Å²) in [5.41, 5.74) is 1.96. The first-order valence-corrected chi connectivity index (χ1v) is 7.85. The van der Waals surface area contributed by atoms with Crippen LogP contribution in [0, 0.1) is 5.92 Å². The summed E-state index contributed by atoms with van der Waals surface area (Å²) in [7, 11) is 0. The fraction of sp³-hybridized carbons (Fsp3) is 0.529. The molecule has 0 spiro atoms. The van der Waals surface area contributed by atoms with Crippen molar-refractivity contribution in [2.45, 2.75) is 52.5 Å². The molecule has 114 valence electrons. The van der Waals surface area contributed by atoms with Crippen LogP contribution in [0.1, 0.15) is 58.3 Å². The molecule has 4 heteroatoms. The standard InChI is InChI=1S/C17H25N3O/c1-4-5-6-11-15(21)20-16(12(2)3)17-18-13-9-7-8-10-14(13)19-17/h7-10,12,16H,4-6,11H2,1-3H3,(H,18,19)(H,20,21). The number of fused-ring (bicyclic) bond motifs is 1. The van der Waals surface area contributed by atoms with E-state index >= 15 is 0 Å². The molecule has 0 bridgehead atoms. The molecule has 1 atom stereocenters. The van der Waals surface area contributed by atoms with Crippen molar-refractivity contribution in [2.24, 2.45) is 5.92 Å². The molecule has 1 unspecified atom stereocenters. The predicted octanol–water partition coefficient (Wildman–Crippen LogP) is 3.96. The molecule has 2 rings (SSSR count). The number of hydrogen-bond acceptors (Lipinski definition) is 2. The molecule has 1 aromatic carbocycles. The van der Waals surface area contributed by atoms with Crippen LogP contribution in [0.5, 0.6) is 0 Å². The van der Waals surface area contributed by atoms with Gasteiger partial charge in [0.2, 0.25) is 5.91 Å². The van der Waals surface area contributed by atoms with E-state index in [4.69, 9.17) is 0 Å². The number of hydrogen-bond donors (Lipinski definition) is 2. The molecule has 0 aliphatic heterocycles. The summed E-state index contributed by atoms with van der Waals surface area (Å²) in [5, 5.41) is 3.12. The van der Waals surface area contributed by atoms with Crippen LogP contribution < -0.4 is 5.32 Å². The Bertz CT molecular complexity index is 555. The van der Waals surface area contributed by atoms with E-state index in [0.29, 0.717) is 12.3 Å². The van der Waals surface area contributed by atoms with Crippen molar-refractivity contribution < 1.29 is 4.79 Å². The van der Waals surface area contributed by atoms with Gasteiger partial charge in [-0.05, 0) is 24.5 Å². The van der Waals surface area contributed by atoms with Crippen LogP contribution in [-0.2, 0) is 4.79 Å². The first kappa shape index (κ1) is 15.5. The monoisotopic (exact) mass is 287 g/mol. The van der Waals surface area contributed by atoms with Gasteiger partial charge in [-0.3, -0.25) is 4.79 Å². The zero-order valence-electron chi connectivity index (χ0n) is 13.1.